The lowest BCUT2D eigenvalue weighted by Crippen LogP contribution is -2.66. The Morgan fingerprint density at radius 2 is 0.587 bits per heavy atom. The molecule has 0 aromatic heterocycles. The minimum Gasteiger partial charge on any atom is -0.394 e. The highest BCUT2D eigenvalue weighted by molar-refractivity contribution is 5.76. The van der Waals surface area contributed by atoms with Gasteiger partial charge in [0.1, 0.15) is 73.2 Å². The average molecular weight is 1560 g/mol. The van der Waals surface area contributed by atoms with E-state index in [9.17, 15) is 61.0 Å². The van der Waals surface area contributed by atoms with Gasteiger partial charge in [-0.2, -0.15) is 0 Å². The van der Waals surface area contributed by atoms with E-state index < -0.39 is 124 Å². The molecule has 0 aliphatic carbocycles. The number of carbonyl (C=O) groups excluding carboxylic acids is 1. The number of unbranched alkanes of at least 4 members (excludes halogenated alkanes) is 58. The summed E-state index contributed by atoms with van der Waals surface area (Å²) in [4.78, 5) is 13.5. The third-order valence-electron chi connectivity index (χ3n) is 23.3. The number of carbonyl (C=O) groups is 1. The highest BCUT2D eigenvalue weighted by atomic mass is 16.8. The molecule has 0 aromatic carbocycles. The Morgan fingerprint density at radius 3 is 0.917 bits per heavy atom. The van der Waals surface area contributed by atoms with Crippen LogP contribution in [0.3, 0.4) is 0 Å². The second kappa shape index (κ2) is 70.5. The largest absolute Gasteiger partial charge is 0.394 e. The van der Waals surface area contributed by atoms with Gasteiger partial charge in [-0.05, 0) is 32.1 Å². The quantitative estimate of drug-likeness (QED) is 0.0199. The third-order valence-corrected chi connectivity index (χ3v) is 23.3. The summed E-state index contributed by atoms with van der Waals surface area (Å²) in [6.07, 6.45) is 62.1. The van der Waals surface area contributed by atoms with Gasteiger partial charge >= 0.3 is 0 Å². The number of allylic oxidation sites excluding steroid dienone is 3. The first-order valence-electron chi connectivity index (χ1n) is 46.1. The van der Waals surface area contributed by atoms with Gasteiger partial charge in [0.25, 0.3) is 0 Å². The van der Waals surface area contributed by atoms with Crippen LogP contribution in [0, 0.1) is 0 Å². The summed E-state index contributed by atoms with van der Waals surface area (Å²) in [6.45, 7) is 1.80. The Labute approximate surface area is 664 Å². The summed E-state index contributed by atoms with van der Waals surface area (Å²) in [6, 6.07) is -0.989. The Balaban J connectivity index is 1.32. The van der Waals surface area contributed by atoms with Crippen LogP contribution in [-0.2, 0) is 33.2 Å². The van der Waals surface area contributed by atoms with Crippen molar-refractivity contribution < 1.29 is 89.4 Å². The van der Waals surface area contributed by atoms with Crippen LogP contribution < -0.4 is 5.32 Å². The van der Waals surface area contributed by atoms with E-state index in [1.165, 1.54) is 340 Å². The maximum atomic E-state index is 13.5. The molecule has 3 heterocycles. The monoisotopic (exact) mass is 1550 g/mol. The molecule has 3 saturated heterocycles. The van der Waals surface area contributed by atoms with Crippen LogP contribution in [0.25, 0.3) is 0 Å². The second-order valence-corrected chi connectivity index (χ2v) is 33.1. The van der Waals surface area contributed by atoms with Gasteiger partial charge in [-0.25, -0.2) is 0 Å². The molecule has 0 aromatic rings. The Morgan fingerprint density at radius 1 is 0.321 bits per heavy atom. The van der Waals surface area contributed by atoms with Crippen molar-refractivity contribution in [2.24, 2.45) is 0 Å². The number of hydrogen-bond acceptors (Lipinski definition) is 18. The van der Waals surface area contributed by atoms with Crippen LogP contribution >= 0.6 is 0 Å². The van der Waals surface area contributed by atoms with Gasteiger partial charge in [0.15, 0.2) is 18.9 Å². The van der Waals surface area contributed by atoms with Crippen LogP contribution in [0.5, 0.6) is 0 Å². The van der Waals surface area contributed by atoms with Crippen molar-refractivity contribution in [2.75, 3.05) is 26.4 Å². The van der Waals surface area contributed by atoms with Gasteiger partial charge in [-0.3, -0.25) is 4.79 Å². The Kier molecular flexibility index (Phi) is 65.6. The molecule has 3 rings (SSSR count). The van der Waals surface area contributed by atoms with Crippen molar-refractivity contribution in [3.63, 3.8) is 0 Å². The molecule has 1 amide bonds. The standard InChI is InChI=1S/C90H171NO18/c1-3-5-7-9-11-13-15-17-19-21-23-25-27-29-31-33-34-35-36-37-38-39-40-42-44-46-48-50-52-54-56-58-60-62-64-66-68-78(96)91-73(74(95)67-65-63-61-59-57-55-53-51-49-47-45-43-41-32-30-28-26-24-22-20-18-16-14-12-10-8-6-4-2)72-104-88-84(102)81(99)86(76(70-93)106-88)109-90-85(103)82(100)87(77(71-94)107-90)108-89-83(101)80(98)79(97)75(69-92)105-89/h57,59,65,67,73-77,79-90,92-95,97-103H,3-56,58,60-64,66,68-72H2,1-2H3,(H,91,96)/b59-57+,67-65+. The fourth-order valence-corrected chi connectivity index (χ4v) is 15.9. The smallest absolute Gasteiger partial charge is 0.220 e. The van der Waals surface area contributed by atoms with E-state index in [2.05, 4.69) is 31.3 Å². The molecular formula is C90H171NO18. The summed E-state index contributed by atoms with van der Waals surface area (Å²) in [5.74, 6) is -0.275. The van der Waals surface area contributed by atoms with Gasteiger partial charge in [0.2, 0.25) is 5.91 Å². The van der Waals surface area contributed by atoms with E-state index in [0.29, 0.717) is 12.8 Å². The minimum atomic E-state index is -1.98. The van der Waals surface area contributed by atoms with Gasteiger partial charge in [0.05, 0.1) is 38.6 Å². The SMILES string of the molecule is CCCCCCCCCCCCCCCCCCCCCCCC/C=C/CC/C=C/C(O)C(COC1OC(CO)C(OC2OC(CO)C(OC3OC(CO)C(O)C(O)C3O)C(O)C2O)C(O)C1O)NC(=O)CCCCCCCCCCCCCCCCCCCCCCCCCCCCCCCCCCCCCC. The number of nitrogens with one attached hydrogen (secondary N) is 1. The fourth-order valence-electron chi connectivity index (χ4n) is 15.9. The van der Waals surface area contributed by atoms with E-state index >= 15 is 0 Å². The number of ether oxygens (including phenoxy) is 6. The zero-order valence-electron chi connectivity index (χ0n) is 69.6. The molecule has 109 heavy (non-hydrogen) atoms. The molecule has 17 atom stereocenters. The number of hydrogen-bond donors (Lipinski definition) is 12. The van der Waals surface area contributed by atoms with Crippen molar-refractivity contribution in [3.8, 4) is 0 Å². The van der Waals surface area contributed by atoms with Crippen LogP contribution in [0.15, 0.2) is 24.3 Å². The molecule has 19 nitrogen and oxygen atoms in total. The van der Waals surface area contributed by atoms with Gasteiger partial charge in [0, 0.05) is 6.42 Å². The van der Waals surface area contributed by atoms with Crippen LogP contribution in [0.4, 0.5) is 0 Å². The predicted molar refractivity (Wildman–Crippen MR) is 439 cm³/mol. The average Bonchev–Trinajstić information content (AvgIpc) is 0.784. The summed E-state index contributed by atoms with van der Waals surface area (Å²) in [7, 11) is 0. The molecule has 3 aliphatic heterocycles. The molecular weight excluding hydrogens is 1380 g/mol. The lowest BCUT2D eigenvalue weighted by molar-refractivity contribution is -0.379. The van der Waals surface area contributed by atoms with Gasteiger partial charge in [-0.15, -0.1) is 0 Å². The summed E-state index contributed by atoms with van der Waals surface area (Å²) in [5, 5.41) is 121. The second-order valence-electron chi connectivity index (χ2n) is 33.1. The molecule has 0 saturated carbocycles. The minimum absolute atomic E-state index is 0.241. The molecule has 3 aliphatic rings. The molecule has 0 bridgehead atoms. The molecule has 12 N–H and O–H groups in total. The Hall–Kier alpha value is -1.73. The van der Waals surface area contributed by atoms with Gasteiger partial charge in [-0.1, -0.05) is 398 Å². The number of rotatable bonds is 76. The van der Waals surface area contributed by atoms with E-state index in [1.807, 2.05) is 6.08 Å². The normalized spacial score (nSPS) is 25.3. The summed E-state index contributed by atoms with van der Waals surface area (Å²) >= 11 is 0. The van der Waals surface area contributed by atoms with Crippen molar-refractivity contribution in [2.45, 2.75) is 516 Å². The molecule has 3 fully saturated rings. The number of amides is 1. The molecule has 19 heteroatoms. The molecule has 0 radical (unpaired) electrons. The van der Waals surface area contributed by atoms with E-state index in [-0.39, 0.29) is 18.9 Å². The maximum absolute atomic E-state index is 13.5. The van der Waals surface area contributed by atoms with Crippen LogP contribution in [0.1, 0.15) is 412 Å². The lowest BCUT2D eigenvalue weighted by Gasteiger charge is -2.48. The zero-order valence-corrected chi connectivity index (χ0v) is 69.6. The molecule has 17 unspecified atom stereocenters. The maximum Gasteiger partial charge on any atom is 0.220 e. The lowest BCUT2D eigenvalue weighted by atomic mass is 9.96. The van der Waals surface area contributed by atoms with Crippen molar-refractivity contribution >= 4 is 5.91 Å². The Bertz CT molecular complexity index is 2060. The first-order chi connectivity index (χ1) is 53.3. The van der Waals surface area contributed by atoms with E-state index in [0.717, 1.165) is 38.5 Å². The van der Waals surface area contributed by atoms with Crippen molar-refractivity contribution in [3.05, 3.63) is 24.3 Å². The first-order valence-corrected chi connectivity index (χ1v) is 46.1. The number of aliphatic hydroxyl groups is 11. The predicted octanol–water partition coefficient (Wildman–Crippen LogP) is 17.6. The van der Waals surface area contributed by atoms with E-state index in [1.54, 1.807) is 6.08 Å². The fraction of sp³-hybridized carbons (Fsp3) is 0.944. The first kappa shape index (κ1) is 101. The van der Waals surface area contributed by atoms with E-state index in [4.69, 9.17) is 28.4 Å². The van der Waals surface area contributed by atoms with Crippen molar-refractivity contribution in [1.29, 1.82) is 0 Å². The number of aliphatic hydroxyl groups excluding tert-OH is 11. The van der Waals surface area contributed by atoms with Gasteiger partial charge < -0.3 is 89.9 Å². The van der Waals surface area contributed by atoms with Crippen LogP contribution in [-0.4, -0.2) is 193 Å². The summed E-state index contributed by atoms with van der Waals surface area (Å²) in [5.41, 5.74) is 0. The molecule has 0 spiro atoms. The highest BCUT2D eigenvalue weighted by Gasteiger charge is 2.54. The topological polar surface area (TPSA) is 307 Å². The molecule has 644 valence electrons. The summed E-state index contributed by atoms with van der Waals surface area (Å²) < 4.78 is 34.5. The zero-order chi connectivity index (χ0) is 78.8. The third kappa shape index (κ3) is 49.2. The van der Waals surface area contributed by atoms with Crippen molar-refractivity contribution in [1.82, 2.24) is 5.32 Å². The van der Waals surface area contributed by atoms with Crippen LogP contribution in [0.2, 0.25) is 0 Å². The highest BCUT2D eigenvalue weighted by Crippen LogP contribution is 2.34.